The van der Waals surface area contributed by atoms with E-state index in [2.05, 4.69) is 10.3 Å². The number of nitrogens with one attached hydrogen (secondary N) is 1. The number of fused-ring (bicyclic) bond motifs is 2. The summed E-state index contributed by atoms with van der Waals surface area (Å²) in [5.74, 6) is 2.06. The average molecular weight is 459 g/mol. The Hall–Kier alpha value is -1.53. The number of hydrogen-bond donors (Lipinski definition) is 2. The molecule has 2 aliphatic rings. The summed E-state index contributed by atoms with van der Waals surface area (Å²) in [5.41, 5.74) is 6.73. The lowest BCUT2D eigenvalue weighted by Gasteiger charge is -2.45. The molecular weight excluding hydrogens is 433 g/mol. The summed E-state index contributed by atoms with van der Waals surface area (Å²) in [6, 6.07) is 9.15. The van der Waals surface area contributed by atoms with Crippen molar-refractivity contribution in [2.45, 2.75) is 44.2 Å². The van der Waals surface area contributed by atoms with Crippen molar-refractivity contribution in [2.24, 2.45) is 17.6 Å². The second-order valence-electron chi connectivity index (χ2n) is 7.61. The number of amides is 1. The highest BCUT2D eigenvalue weighted by Crippen LogP contribution is 2.40. The van der Waals surface area contributed by atoms with Gasteiger partial charge in [-0.25, -0.2) is 0 Å². The van der Waals surface area contributed by atoms with Gasteiger partial charge in [-0.15, -0.1) is 24.8 Å². The van der Waals surface area contributed by atoms with E-state index in [0.29, 0.717) is 33.9 Å². The molecule has 2 aliphatic carbocycles. The molecule has 1 amide bonds. The highest BCUT2D eigenvalue weighted by atomic mass is 35.5. The van der Waals surface area contributed by atoms with Crippen molar-refractivity contribution in [1.82, 2.24) is 10.3 Å². The first-order valence-electron chi connectivity index (χ1n) is 9.54. The van der Waals surface area contributed by atoms with Crippen LogP contribution < -0.4 is 15.8 Å². The normalized spacial score (nSPS) is 25.2. The van der Waals surface area contributed by atoms with E-state index in [0.717, 1.165) is 25.7 Å². The Morgan fingerprint density at radius 3 is 2.38 bits per heavy atom. The summed E-state index contributed by atoms with van der Waals surface area (Å²) < 4.78 is 5.75. The monoisotopic (exact) mass is 457 g/mol. The molecule has 3 N–H and O–H groups in total. The average Bonchev–Trinajstić information content (AvgIpc) is 2.65. The van der Waals surface area contributed by atoms with Gasteiger partial charge in [0.25, 0.3) is 5.91 Å². The quantitative estimate of drug-likeness (QED) is 0.675. The number of nitrogens with two attached hydrogens (primary N) is 1. The van der Waals surface area contributed by atoms with E-state index in [1.54, 1.807) is 42.7 Å². The lowest BCUT2D eigenvalue weighted by molar-refractivity contribution is 0.0756. The number of benzene rings is 1. The molecule has 4 rings (SSSR count). The van der Waals surface area contributed by atoms with E-state index in [9.17, 15) is 4.79 Å². The maximum atomic E-state index is 12.8. The van der Waals surface area contributed by atoms with Crippen molar-refractivity contribution in [3.8, 4) is 11.5 Å². The number of ether oxygens (including phenoxy) is 1. The minimum Gasteiger partial charge on any atom is -0.456 e. The second kappa shape index (κ2) is 10.5. The number of pyridine rings is 1. The standard InChI is InChI=1S/C21H24ClN3O2.2ClH/c22-18-12-15(4-5-19(18)27-17-6-8-24-9-7-17)21(26)25-20-13-2-1-3-14(20)11-16(23)10-13;;/h4-9,12-14,16,20H,1-3,10-11,23H2,(H,25,26);2*1H. The minimum absolute atomic E-state index is 0. The Morgan fingerprint density at radius 1 is 1.10 bits per heavy atom. The minimum atomic E-state index is -0.0790. The van der Waals surface area contributed by atoms with Crippen molar-refractivity contribution in [3.05, 3.63) is 53.3 Å². The fourth-order valence-corrected chi connectivity index (χ4v) is 4.74. The van der Waals surface area contributed by atoms with E-state index in [1.807, 2.05) is 0 Å². The van der Waals surface area contributed by atoms with Crippen LogP contribution >= 0.6 is 36.4 Å². The molecule has 2 fully saturated rings. The molecular formula is C21H26Cl3N3O2. The summed E-state index contributed by atoms with van der Waals surface area (Å²) in [6.07, 6.45) is 8.84. The molecule has 0 spiro atoms. The number of aromatic nitrogens is 1. The van der Waals surface area contributed by atoms with Crippen LogP contribution in [0.15, 0.2) is 42.7 Å². The van der Waals surface area contributed by atoms with Gasteiger partial charge in [-0.2, -0.15) is 0 Å². The fraction of sp³-hybridized carbons (Fsp3) is 0.429. The molecule has 2 unspecified atom stereocenters. The Balaban J connectivity index is 0.00000150. The van der Waals surface area contributed by atoms with Gasteiger partial charge in [-0.05, 0) is 67.9 Å². The third-order valence-electron chi connectivity index (χ3n) is 5.75. The summed E-state index contributed by atoms with van der Waals surface area (Å²) in [7, 11) is 0. The topological polar surface area (TPSA) is 77.2 Å². The number of rotatable bonds is 4. The zero-order valence-corrected chi connectivity index (χ0v) is 18.3. The molecule has 0 radical (unpaired) electrons. The fourth-order valence-electron chi connectivity index (χ4n) is 4.52. The molecule has 2 aromatic rings. The van der Waals surface area contributed by atoms with Crippen LogP contribution in [0.4, 0.5) is 0 Å². The maximum Gasteiger partial charge on any atom is 0.251 e. The first-order valence-corrected chi connectivity index (χ1v) is 9.92. The highest BCUT2D eigenvalue weighted by Gasteiger charge is 2.39. The van der Waals surface area contributed by atoms with E-state index in [-0.39, 0.29) is 42.8 Å². The van der Waals surface area contributed by atoms with Crippen LogP contribution in [0.1, 0.15) is 42.5 Å². The molecule has 2 atom stereocenters. The van der Waals surface area contributed by atoms with Crippen LogP contribution in [0, 0.1) is 11.8 Å². The lowest BCUT2D eigenvalue weighted by Crippen LogP contribution is -2.53. The van der Waals surface area contributed by atoms with Crippen molar-refractivity contribution in [3.63, 3.8) is 0 Å². The number of hydrogen-bond acceptors (Lipinski definition) is 4. The van der Waals surface area contributed by atoms with Crippen LogP contribution in [0.2, 0.25) is 5.02 Å². The van der Waals surface area contributed by atoms with Gasteiger partial charge >= 0.3 is 0 Å². The smallest absolute Gasteiger partial charge is 0.251 e. The zero-order chi connectivity index (χ0) is 18.8. The second-order valence-corrected chi connectivity index (χ2v) is 8.02. The highest BCUT2D eigenvalue weighted by molar-refractivity contribution is 6.32. The van der Waals surface area contributed by atoms with Crippen molar-refractivity contribution >= 4 is 42.3 Å². The van der Waals surface area contributed by atoms with E-state index >= 15 is 0 Å². The SMILES string of the molecule is Cl.Cl.NC1CC2CCCC(C1)C2NC(=O)c1ccc(Oc2ccncc2)c(Cl)c1. The molecule has 0 saturated heterocycles. The molecule has 1 heterocycles. The predicted molar refractivity (Wildman–Crippen MR) is 120 cm³/mol. The number of carbonyl (C=O) groups is 1. The van der Waals surface area contributed by atoms with Crippen molar-refractivity contribution < 1.29 is 9.53 Å². The van der Waals surface area contributed by atoms with Crippen LogP contribution in [0.3, 0.4) is 0 Å². The lowest BCUT2D eigenvalue weighted by atomic mass is 9.67. The molecule has 0 aliphatic heterocycles. The van der Waals surface area contributed by atoms with Gasteiger partial charge < -0.3 is 15.8 Å². The van der Waals surface area contributed by atoms with Crippen LogP contribution in [-0.4, -0.2) is 23.0 Å². The molecule has 158 valence electrons. The summed E-state index contributed by atoms with van der Waals surface area (Å²) in [4.78, 5) is 16.8. The molecule has 1 aromatic heterocycles. The van der Waals surface area contributed by atoms with Gasteiger partial charge in [0.2, 0.25) is 0 Å². The van der Waals surface area contributed by atoms with Gasteiger partial charge in [0.15, 0.2) is 0 Å². The molecule has 2 bridgehead atoms. The van der Waals surface area contributed by atoms with E-state index in [1.165, 1.54) is 6.42 Å². The Kier molecular flexibility index (Phi) is 8.58. The predicted octanol–water partition coefficient (Wildman–Crippen LogP) is 5.01. The third-order valence-corrected chi connectivity index (χ3v) is 6.04. The third kappa shape index (κ3) is 5.54. The largest absolute Gasteiger partial charge is 0.456 e. The van der Waals surface area contributed by atoms with E-state index < -0.39 is 0 Å². The van der Waals surface area contributed by atoms with Gasteiger partial charge in [-0.3, -0.25) is 9.78 Å². The maximum absolute atomic E-state index is 12.8. The molecule has 29 heavy (non-hydrogen) atoms. The first kappa shape index (κ1) is 23.7. The number of nitrogens with zero attached hydrogens (tertiary/aromatic N) is 1. The summed E-state index contributed by atoms with van der Waals surface area (Å²) in [6.45, 7) is 0. The van der Waals surface area contributed by atoms with Crippen molar-refractivity contribution in [1.29, 1.82) is 0 Å². The summed E-state index contributed by atoms with van der Waals surface area (Å²) in [5, 5.41) is 3.66. The number of halogens is 3. The summed E-state index contributed by atoms with van der Waals surface area (Å²) >= 11 is 6.34. The van der Waals surface area contributed by atoms with E-state index in [4.69, 9.17) is 22.1 Å². The first-order chi connectivity index (χ1) is 13.1. The van der Waals surface area contributed by atoms with Crippen molar-refractivity contribution in [2.75, 3.05) is 0 Å². The molecule has 5 nitrogen and oxygen atoms in total. The van der Waals surface area contributed by atoms with Crippen LogP contribution in [0.25, 0.3) is 0 Å². The van der Waals surface area contributed by atoms with Crippen LogP contribution in [0.5, 0.6) is 11.5 Å². The van der Waals surface area contributed by atoms with Gasteiger partial charge in [0.05, 0.1) is 5.02 Å². The van der Waals surface area contributed by atoms with Gasteiger partial charge in [0.1, 0.15) is 11.5 Å². The Bertz CT molecular complexity index is 808. The van der Waals surface area contributed by atoms with Gasteiger partial charge in [0, 0.05) is 30.0 Å². The Morgan fingerprint density at radius 2 is 1.76 bits per heavy atom. The number of carbonyl (C=O) groups excluding carboxylic acids is 1. The van der Waals surface area contributed by atoms with Gasteiger partial charge in [-0.1, -0.05) is 18.0 Å². The molecule has 2 saturated carbocycles. The van der Waals surface area contributed by atoms with Crippen LogP contribution in [-0.2, 0) is 0 Å². The molecule has 8 heteroatoms. The molecule has 1 aromatic carbocycles. The zero-order valence-electron chi connectivity index (χ0n) is 15.9. The Labute approximate surface area is 188 Å².